The number of benzene rings is 2. The first kappa shape index (κ1) is 13.7. The fourth-order valence-corrected chi connectivity index (χ4v) is 2.30. The summed E-state index contributed by atoms with van der Waals surface area (Å²) in [5, 5.41) is 3.17. The first-order valence-corrected chi connectivity index (χ1v) is 6.51. The van der Waals surface area contributed by atoms with Crippen molar-refractivity contribution < 1.29 is 9.13 Å². The summed E-state index contributed by atoms with van der Waals surface area (Å²) in [5.41, 5.74) is 7.91. The van der Waals surface area contributed by atoms with Gasteiger partial charge in [-0.05, 0) is 51.8 Å². The van der Waals surface area contributed by atoms with E-state index in [9.17, 15) is 4.39 Å². The number of halogens is 2. The van der Waals surface area contributed by atoms with Gasteiger partial charge >= 0.3 is 0 Å². The molecule has 3 N–H and O–H groups in total. The topological polar surface area (TPSA) is 47.3 Å². The van der Waals surface area contributed by atoms with Crippen LogP contribution in [0.15, 0.2) is 40.9 Å². The quantitative estimate of drug-likeness (QED) is 0.841. The fourth-order valence-electron chi connectivity index (χ4n) is 1.71. The van der Waals surface area contributed by atoms with Crippen molar-refractivity contribution in [1.82, 2.24) is 0 Å². The molecule has 0 saturated heterocycles. The average Bonchev–Trinajstić information content (AvgIpc) is 2.38. The SMILES string of the molecule is COc1ccc(CNc2ccc(F)cc2N)cc1Br. The number of hydrogen-bond acceptors (Lipinski definition) is 3. The van der Waals surface area contributed by atoms with Gasteiger partial charge in [-0.2, -0.15) is 0 Å². The summed E-state index contributed by atoms with van der Waals surface area (Å²) in [7, 11) is 1.62. The summed E-state index contributed by atoms with van der Waals surface area (Å²) in [6, 6.07) is 10.1. The van der Waals surface area contributed by atoms with Crippen molar-refractivity contribution in [2.24, 2.45) is 0 Å². The minimum Gasteiger partial charge on any atom is -0.496 e. The summed E-state index contributed by atoms with van der Waals surface area (Å²) in [5.74, 6) is 0.445. The van der Waals surface area contributed by atoms with Crippen molar-refractivity contribution >= 4 is 27.3 Å². The van der Waals surface area contributed by atoms with E-state index in [0.717, 1.165) is 15.8 Å². The third-order valence-electron chi connectivity index (χ3n) is 2.71. The van der Waals surface area contributed by atoms with E-state index in [-0.39, 0.29) is 5.82 Å². The number of nitrogens with two attached hydrogens (primary N) is 1. The van der Waals surface area contributed by atoms with Gasteiger partial charge in [-0.15, -0.1) is 0 Å². The van der Waals surface area contributed by atoms with Crippen LogP contribution in [0.3, 0.4) is 0 Å². The first-order valence-electron chi connectivity index (χ1n) is 5.71. The highest BCUT2D eigenvalue weighted by molar-refractivity contribution is 9.10. The van der Waals surface area contributed by atoms with Crippen LogP contribution in [0, 0.1) is 5.82 Å². The van der Waals surface area contributed by atoms with Crippen molar-refractivity contribution in [3.8, 4) is 5.75 Å². The van der Waals surface area contributed by atoms with Crippen molar-refractivity contribution in [2.45, 2.75) is 6.54 Å². The molecule has 0 saturated carbocycles. The minimum absolute atomic E-state index is 0.338. The van der Waals surface area contributed by atoms with Crippen molar-refractivity contribution in [3.05, 3.63) is 52.3 Å². The van der Waals surface area contributed by atoms with Gasteiger partial charge in [-0.1, -0.05) is 6.07 Å². The number of hydrogen-bond donors (Lipinski definition) is 2. The monoisotopic (exact) mass is 324 g/mol. The zero-order valence-corrected chi connectivity index (χ0v) is 12.0. The highest BCUT2D eigenvalue weighted by Gasteiger charge is 2.03. The molecular weight excluding hydrogens is 311 g/mol. The third-order valence-corrected chi connectivity index (χ3v) is 3.33. The summed E-state index contributed by atoms with van der Waals surface area (Å²) in [6.45, 7) is 0.596. The highest BCUT2D eigenvalue weighted by atomic mass is 79.9. The van der Waals surface area contributed by atoms with Gasteiger partial charge in [0.05, 0.1) is 23.0 Å². The van der Waals surface area contributed by atoms with Crippen molar-refractivity contribution in [2.75, 3.05) is 18.2 Å². The molecule has 19 heavy (non-hydrogen) atoms. The maximum Gasteiger partial charge on any atom is 0.133 e. The Balaban J connectivity index is 2.08. The highest BCUT2D eigenvalue weighted by Crippen LogP contribution is 2.26. The van der Waals surface area contributed by atoms with Gasteiger partial charge in [0.15, 0.2) is 0 Å². The predicted octanol–water partition coefficient (Wildman–Crippen LogP) is 3.79. The zero-order valence-electron chi connectivity index (χ0n) is 10.4. The van der Waals surface area contributed by atoms with Gasteiger partial charge < -0.3 is 15.8 Å². The van der Waals surface area contributed by atoms with Crippen LogP contribution in [-0.4, -0.2) is 7.11 Å². The lowest BCUT2D eigenvalue weighted by molar-refractivity contribution is 0.412. The molecule has 100 valence electrons. The normalized spacial score (nSPS) is 10.3. The second-order valence-corrected chi connectivity index (χ2v) is 4.91. The molecular formula is C14H14BrFN2O. The Hall–Kier alpha value is -1.75. The van der Waals surface area contributed by atoms with Gasteiger partial charge in [0.25, 0.3) is 0 Å². The first-order chi connectivity index (χ1) is 9.10. The standard InChI is InChI=1S/C14H14BrFN2O/c1-19-14-5-2-9(6-11(14)15)8-18-13-4-3-10(16)7-12(13)17/h2-7,18H,8,17H2,1H3. The van der Waals surface area contributed by atoms with E-state index in [1.165, 1.54) is 12.1 Å². The zero-order chi connectivity index (χ0) is 13.8. The van der Waals surface area contributed by atoms with Gasteiger partial charge in [-0.25, -0.2) is 4.39 Å². The van der Waals surface area contributed by atoms with Crippen LogP contribution in [0.5, 0.6) is 5.75 Å². The number of ether oxygens (including phenoxy) is 1. The third kappa shape index (κ3) is 3.38. The summed E-state index contributed by atoms with van der Waals surface area (Å²) >= 11 is 3.43. The molecule has 2 aromatic carbocycles. The Morgan fingerprint density at radius 1 is 1.26 bits per heavy atom. The van der Waals surface area contributed by atoms with Crippen molar-refractivity contribution in [3.63, 3.8) is 0 Å². The van der Waals surface area contributed by atoms with Crippen molar-refractivity contribution in [1.29, 1.82) is 0 Å². The lowest BCUT2D eigenvalue weighted by atomic mass is 10.2. The largest absolute Gasteiger partial charge is 0.496 e. The van der Waals surface area contributed by atoms with Crippen LogP contribution in [0.2, 0.25) is 0 Å². The summed E-state index contributed by atoms with van der Waals surface area (Å²) < 4.78 is 19.0. The van der Waals surface area contributed by atoms with E-state index < -0.39 is 0 Å². The molecule has 0 heterocycles. The Morgan fingerprint density at radius 3 is 2.68 bits per heavy atom. The molecule has 0 aliphatic rings. The Labute approximate surface area is 119 Å². The van der Waals surface area contributed by atoms with Crippen LogP contribution in [0.4, 0.5) is 15.8 Å². The van der Waals surface area contributed by atoms with Gasteiger partial charge in [0, 0.05) is 6.54 Å². The number of methoxy groups -OCH3 is 1. The summed E-state index contributed by atoms with van der Waals surface area (Å²) in [6.07, 6.45) is 0. The molecule has 0 aliphatic heterocycles. The molecule has 0 unspecified atom stereocenters. The average molecular weight is 325 g/mol. The number of rotatable bonds is 4. The maximum atomic E-state index is 12.9. The van der Waals surface area contributed by atoms with E-state index in [4.69, 9.17) is 10.5 Å². The molecule has 0 aliphatic carbocycles. The van der Waals surface area contributed by atoms with Gasteiger partial charge in [0.1, 0.15) is 11.6 Å². The van der Waals surface area contributed by atoms with Crippen LogP contribution in [0.25, 0.3) is 0 Å². The molecule has 0 fully saturated rings. The Kier molecular flexibility index (Phi) is 4.27. The Morgan fingerprint density at radius 2 is 2.05 bits per heavy atom. The molecule has 5 heteroatoms. The van der Waals surface area contributed by atoms with Crippen LogP contribution in [0.1, 0.15) is 5.56 Å². The van der Waals surface area contributed by atoms with Crippen LogP contribution >= 0.6 is 15.9 Å². The maximum absolute atomic E-state index is 12.9. The van der Waals surface area contributed by atoms with E-state index in [1.54, 1.807) is 13.2 Å². The number of anilines is 2. The Bertz CT molecular complexity index is 590. The molecule has 0 radical (unpaired) electrons. The summed E-state index contributed by atoms with van der Waals surface area (Å²) in [4.78, 5) is 0. The minimum atomic E-state index is -0.338. The van der Waals surface area contributed by atoms with Crippen LogP contribution in [-0.2, 0) is 6.54 Å². The number of nitrogens with one attached hydrogen (secondary N) is 1. The van der Waals surface area contributed by atoms with Crippen LogP contribution < -0.4 is 15.8 Å². The number of nitrogen functional groups attached to an aromatic ring is 1. The predicted molar refractivity (Wildman–Crippen MR) is 78.8 cm³/mol. The molecule has 0 bridgehead atoms. The second-order valence-electron chi connectivity index (χ2n) is 4.05. The van der Waals surface area contributed by atoms with E-state index in [2.05, 4.69) is 21.2 Å². The smallest absolute Gasteiger partial charge is 0.133 e. The molecule has 3 nitrogen and oxygen atoms in total. The van der Waals surface area contributed by atoms with E-state index >= 15 is 0 Å². The molecule has 2 aromatic rings. The lowest BCUT2D eigenvalue weighted by Crippen LogP contribution is -2.03. The van der Waals surface area contributed by atoms with E-state index in [1.807, 2.05) is 18.2 Å². The molecule has 0 aromatic heterocycles. The molecule has 0 amide bonds. The molecule has 2 rings (SSSR count). The van der Waals surface area contributed by atoms with Gasteiger partial charge in [-0.3, -0.25) is 0 Å². The molecule has 0 atom stereocenters. The fraction of sp³-hybridized carbons (Fsp3) is 0.143. The van der Waals surface area contributed by atoms with E-state index in [0.29, 0.717) is 17.9 Å². The molecule has 0 spiro atoms. The second kappa shape index (κ2) is 5.93. The van der Waals surface area contributed by atoms with Gasteiger partial charge in [0.2, 0.25) is 0 Å². The lowest BCUT2D eigenvalue weighted by Gasteiger charge is -2.10.